The van der Waals surface area contributed by atoms with Crippen molar-refractivity contribution in [3.05, 3.63) is 28.8 Å². The third-order valence-corrected chi connectivity index (χ3v) is 2.42. The Balaban J connectivity index is 2.52. The van der Waals surface area contributed by atoms with Crippen LogP contribution in [0, 0.1) is 5.92 Å². The molecule has 90 valence electrons. The van der Waals surface area contributed by atoms with E-state index in [1.807, 2.05) is 18.2 Å². The summed E-state index contributed by atoms with van der Waals surface area (Å²) in [5, 5.41) is 0.681. The molecule has 0 aliphatic rings. The van der Waals surface area contributed by atoms with Crippen molar-refractivity contribution in [3.63, 3.8) is 0 Å². The van der Waals surface area contributed by atoms with Gasteiger partial charge in [0.15, 0.2) is 0 Å². The number of halogens is 1. The molecule has 0 aliphatic heterocycles. The highest BCUT2D eigenvalue weighted by atomic mass is 35.5. The van der Waals surface area contributed by atoms with Crippen molar-refractivity contribution in [1.29, 1.82) is 0 Å². The van der Waals surface area contributed by atoms with Crippen molar-refractivity contribution in [2.75, 3.05) is 13.7 Å². The standard InChI is InChI=1S/C12H18ClNO2/c1-9(2)8-16-14-7-10-11(13)5-4-6-12(10)15-3/h4-6,9,14H,7-8H2,1-3H3. The summed E-state index contributed by atoms with van der Waals surface area (Å²) >= 11 is 6.07. The van der Waals surface area contributed by atoms with Gasteiger partial charge in [-0.25, -0.2) is 0 Å². The summed E-state index contributed by atoms with van der Waals surface area (Å²) in [5.41, 5.74) is 3.80. The molecule has 0 radical (unpaired) electrons. The van der Waals surface area contributed by atoms with Gasteiger partial charge in [0, 0.05) is 10.6 Å². The Morgan fingerprint density at radius 3 is 2.75 bits per heavy atom. The SMILES string of the molecule is COc1cccc(Cl)c1CNOCC(C)C. The number of hydrogen-bond acceptors (Lipinski definition) is 3. The van der Waals surface area contributed by atoms with E-state index in [0.717, 1.165) is 11.3 Å². The predicted molar refractivity (Wildman–Crippen MR) is 65.6 cm³/mol. The van der Waals surface area contributed by atoms with Crippen LogP contribution in [0.4, 0.5) is 0 Å². The smallest absolute Gasteiger partial charge is 0.124 e. The van der Waals surface area contributed by atoms with E-state index in [9.17, 15) is 0 Å². The zero-order chi connectivity index (χ0) is 12.0. The minimum absolute atomic E-state index is 0.501. The molecule has 4 heteroatoms. The molecule has 3 nitrogen and oxygen atoms in total. The van der Waals surface area contributed by atoms with Gasteiger partial charge in [0.05, 0.1) is 20.3 Å². The number of methoxy groups -OCH3 is 1. The molecule has 1 aromatic rings. The summed E-state index contributed by atoms with van der Waals surface area (Å²) in [6.45, 7) is 5.40. The fourth-order valence-corrected chi connectivity index (χ4v) is 1.48. The minimum atomic E-state index is 0.501. The Labute approximate surface area is 102 Å². The first-order valence-electron chi connectivity index (χ1n) is 5.31. The molecule has 1 aromatic carbocycles. The lowest BCUT2D eigenvalue weighted by atomic mass is 10.2. The molecule has 0 atom stereocenters. The largest absolute Gasteiger partial charge is 0.496 e. The number of benzene rings is 1. The molecule has 0 fully saturated rings. The molecule has 0 amide bonds. The lowest BCUT2D eigenvalue weighted by Gasteiger charge is -2.12. The highest BCUT2D eigenvalue weighted by Gasteiger charge is 2.06. The maximum atomic E-state index is 6.07. The van der Waals surface area contributed by atoms with Crippen LogP contribution in [-0.2, 0) is 11.4 Å². The van der Waals surface area contributed by atoms with Crippen molar-refractivity contribution in [1.82, 2.24) is 5.48 Å². The lowest BCUT2D eigenvalue weighted by Crippen LogP contribution is -2.18. The van der Waals surface area contributed by atoms with Gasteiger partial charge in [-0.15, -0.1) is 0 Å². The summed E-state index contributed by atoms with van der Waals surface area (Å²) in [6, 6.07) is 5.58. The van der Waals surface area contributed by atoms with E-state index in [1.165, 1.54) is 0 Å². The van der Waals surface area contributed by atoms with Gasteiger partial charge in [0.2, 0.25) is 0 Å². The molecular formula is C12H18ClNO2. The average Bonchev–Trinajstić information content (AvgIpc) is 2.25. The van der Waals surface area contributed by atoms with E-state index in [-0.39, 0.29) is 0 Å². The van der Waals surface area contributed by atoms with Crippen molar-refractivity contribution < 1.29 is 9.57 Å². The number of ether oxygens (including phenoxy) is 1. The Kier molecular flexibility index (Phi) is 5.60. The molecule has 0 heterocycles. The quantitative estimate of drug-likeness (QED) is 0.616. The Hall–Kier alpha value is -0.770. The van der Waals surface area contributed by atoms with E-state index < -0.39 is 0 Å². The maximum absolute atomic E-state index is 6.07. The summed E-state index contributed by atoms with van der Waals surface area (Å²) in [5.74, 6) is 1.27. The zero-order valence-electron chi connectivity index (χ0n) is 9.92. The first-order valence-corrected chi connectivity index (χ1v) is 5.69. The zero-order valence-corrected chi connectivity index (χ0v) is 10.7. The Morgan fingerprint density at radius 2 is 2.12 bits per heavy atom. The number of rotatable bonds is 6. The summed E-state index contributed by atoms with van der Waals surface area (Å²) in [7, 11) is 1.63. The van der Waals surface area contributed by atoms with Crippen LogP contribution in [0.2, 0.25) is 5.02 Å². The molecule has 1 rings (SSSR count). The molecule has 0 bridgehead atoms. The molecular weight excluding hydrogens is 226 g/mol. The van der Waals surface area contributed by atoms with E-state index >= 15 is 0 Å². The number of nitrogens with one attached hydrogen (secondary N) is 1. The monoisotopic (exact) mass is 243 g/mol. The summed E-state index contributed by atoms with van der Waals surface area (Å²) in [4.78, 5) is 5.29. The molecule has 0 saturated carbocycles. The van der Waals surface area contributed by atoms with Gasteiger partial charge < -0.3 is 9.57 Å². The molecule has 16 heavy (non-hydrogen) atoms. The minimum Gasteiger partial charge on any atom is -0.496 e. The van der Waals surface area contributed by atoms with Crippen LogP contribution in [0.5, 0.6) is 5.75 Å². The topological polar surface area (TPSA) is 30.5 Å². The maximum Gasteiger partial charge on any atom is 0.124 e. The fraction of sp³-hybridized carbons (Fsp3) is 0.500. The summed E-state index contributed by atoms with van der Waals surface area (Å²) in [6.07, 6.45) is 0. The third kappa shape index (κ3) is 4.00. The number of hydroxylamine groups is 1. The molecule has 1 N–H and O–H groups in total. The van der Waals surface area contributed by atoms with Gasteiger partial charge in [-0.1, -0.05) is 31.5 Å². The van der Waals surface area contributed by atoms with Crippen LogP contribution in [0.15, 0.2) is 18.2 Å². The van der Waals surface area contributed by atoms with E-state index in [4.69, 9.17) is 21.2 Å². The van der Waals surface area contributed by atoms with Crippen LogP contribution in [0.3, 0.4) is 0 Å². The Morgan fingerprint density at radius 1 is 1.38 bits per heavy atom. The van der Waals surface area contributed by atoms with Crippen LogP contribution in [-0.4, -0.2) is 13.7 Å². The first-order chi connectivity index (χ1) is 7.65. The second-order valence-electron chi connectivity index (χ2n) is 3.95. The van der Waals surface area contributed by atoms with Crippen LogP contribution in [0.25, 0.3) is 0 Å². The molecule has 0 saturated heterocycles. The van der Waals surface area contributed by atoms with E-state index in [0.29, 0.717) is 24.1 Å². The first kappa shape index (κ1) is 13.3. The second kappa shape index (κ2) is 6.74. The normalized spacial score (nSPS) is 10.8. The summed E-state index contributed by atoms with van der Waals surface area (Å²) < 4.78 is 5.22. The molecule has 0 aromatic heterocycles. The van der Waals surface area contributed by atoms with Gasteiger partial charge in [0.1, 0.15) is 5.75 Å². The fourth-order valence-electron chi connectivity index (χ4n) is 1.25. The lowest BCUT2D eigenvalue weighted by molar-refractivity contribution is 0.0193. The third-order valence-electron chi connectivity index (χ3n) is 2.06. The van der Waals surface area contributed by atoms with Crippen LogP contribution >= 0.6 is 11.6 Å². The second-order valence-corrected chi connectivity index (χ2v) is 4.35. The van der Waals surface area contributed by atoms with Gasteiger partial charge in [-0.3, -0.25) is 0 Å². The van der Waals surface area contributed by atoms with Gasteiger partial charge >= 0.3 is 0 Å². The molecule has 0 unspecified atom stereocenters. The Bertz CT molecular complexity index is 329. The average molecular weight is 244 g/mol. The highest BCUT2D eigenvalue weighted by Crippen LogP contribution is 2.25. The van der Waals surface area contributed by atoms with Gasteiger partial charge in [0.25, 0.3) is 0 Å². The van der Waals surface area contributed by atoms with Gasteiger partial charge in [-0.05, 0) is 18.1 Å². The van der Waals surface area contributed by atoms with Crippen molar-refractivity contribution >= 4 is 11.6 Å². The van der Waals surface area contributed by atoms with Gasteiger partial charge in [-0.2, -0.15) is 5.48 Å². The van der Waals surface area contributed by atoms with Crippen molar-refractivity contribution in [2.24, 2.45) is 5.92 Å². The van der Waals surface area contributed by atoms with Crippen LogP contribution in [0.1, 0.15) is 19.4 Å². The van der Waals surface area contributed by atoms with E-state index in [2.05, 4.69) is 19.3 Å². The predicted octanol–water partition coefficient (Wildman–Crippen LogP) is 3.03. The van der Waals surface area contributed by atoms with E-state index in [1.54, 1.807) is 7.11 Å². The molecule has 0 spiro atoms. The van der Waals surface area contributed by atoms with Crippen LogP contribution < -0.4 is 10.2 Å². The number of hydrogen-bond donors (Lipinski definition) is 1. The highest BCUT2D eigenvalue weighted by molar-refractivity contribution is 6.31. The molecule has 0 aliphatic carbocycles. The van der Waals surface area contributed by atoms with Crippen molar-refractivity contribution in [3.8, 4) is 5.75 Å². The van der Waals surface area contributed by atoms with Crippen molar-refractivity contribution in [2.45, 2.75) is 20.4 Å².